The van der Waals surface area contributed by atoms with Crippen molar-refractivity contribution in [1.29, 1.82) is 0 Å². The minimum absolute atomic E-state index is 0.245. The average molecular weight is 216 g/mol. The topological polar surface area (TPSA) is 55.8 Å². The van der Waals surface area contributed by atoms with Crippen LogP contribution in [0, 0.1) is 5.41 Å². The van der Waals surface area contributed by atoms with Gasteiger partial charge in [-0.15, -0.1) is 0 Å². The largest absolute Gasteiger partial charge is 0.467 e. The number of hydrogen-bond donors (Lipinski definition) is 1. The molecule has 1 aliphatic rings. The van der Waals surface area contributed by atoms with Crippen LogP contribution in [0.5, 0.6) is 0 Å². The van der Waals surface area contributed by atoms with Crippen LogP contribution in [0.1, 0.15) is 33.6 Å². The molecule has 1 rings (SSSR count). The lowest BCUT2D eigenvalue weighted by atomic mass is 10.00. The molecule has 0 bridgehead atoms. The number of hydrogen-bond acceptors (Lipinski definition) is 4. The Balaban J connectivity index is 2.49. The summed E-state index contributed by atoms with van der Waals surface area (Å²) in [5.41, 5.74) is -0.647. The van der Waals surface area contributed by atoms with Crippen molar-refractivity contribution in [3.63, 3.8) is 0 Å². The van der Waals surface area contributed by atoms with E-state index < -0.39 is 17.5 Å². The summed E-state index contributed by atoms with van der Waals surface area (Å²) in [6.45, 7) is 6.27. The first-order valence-electron chi connectivity index (χ1n) is 5.21. The summed E-state index contributed by atoms with van der Waals surface area (Å²) in [5.74, 6) is -0.565. The van der Waals surface area contributed by atoms with Crippen LogP contribution in [0.2, 0.25) is 0 Å². The van der Waals surface area contributed by atoms with Crippen molar-refractivity contribution in [2.24, 2.45) is 5.41 Å². The number of carbonyl (C=O) groups excluding carboxylic acids is 1. The highest BCUT2D eigenvalue weighted by molar-refractivity contribution is 5.75. The molecule has 1 atom stereocenters. The van der Waals surface area contributed by atoms with Crippen molar-refractivity contribution in [3.05, 3.63) is 0 Å². The van der Waals surface area contributed by atoms with Crippen LogP contribution in [0.15, 0.2) is 0 Å². The Morgan fingerprint density at radius 3 is 2.33 bits per heavy atom. The first-order chi connectivity index (χ1) is 6.81. The number of rotatable bonds is 4. The molecule has 4 nitrogen and oxygen atoms in total. The number of ether oxygens (including phenoxy) is 2. The van der Waals surface area contributed by atoms with Crippen LogP contribution < -0.4 is 0 Å². The van der Waals surface area contributed by atoms with Crippen LogP contribution in [0.4, 0.5) is 0 Å². The van der Waals surface area contributed by atoms with Gasteiger partial charge < -0.3 is 14.6 Å². The lowest BCUT2D eigenvalue weighted by Gasteiger charge is -2.26. The molecule has 0 aliphatic heterocycles. The maximum Gasteiger partial charge on any atom is 0.335 e. The van der Waals surface area contributed by atoms with Crippen LogP contribution in [0.3, 0.4) is 0 Å². The highest BCUT2D eigenvalue weighted by Gasteiger charge is 2.53. The van der Waals surface area contributed by atoms with E-state index in [1.165, 1.54) is 7.11 Å². The van der Waals surface area contributed by atoms with Gasteiger partial charge in [-0.25, -0.2) is 4.79 Å². The van der Waals surface area contributed by atoms with Gasteiger partial charge in [0, 0.05) is 5.41 Å². The third-order valence-electron chi connectivity index (χ3n) is 2.69. The molecule has 0 aromatic heterocycles. The standard InChI is InChI=1S/C11H20O4/c1-10(2,3)15-7-11(5-6-11)8(12)9(13)14-4/h8,12H,5-7H2,1-4H3. The normalized spacial score (nSPS) is 20.9. The third kappa shape index (κ3) is 3.18. The van der Waals surface area contributed by atoms with Gasteiger partial charge in [-0.1, -0.05) is 0 Å². The Morgan fingerprint density at radius 1 is 1.47 bits per heavy atom. The monoisotopic (exact) mass is 216 g/mol. The van der Waals surface area contributed by atoms with E-state index in [1.54, 1.807) is 0 Å². The fraction of sp³-hybridized carbons (Fsp3) is 0.909. The first-order valence-corrected chi connectivity index (χ1v) is 5.21. The molecule has 1 aliphatic carbocycles. The molecule has 1 unspecified atom stereocenters. The molecule has 0 aromatic carbocycles. The molecule has 0 spiro atoms. The van der Waals surface area contributed by atoms with Crippen molar-refractivity contribution in [1.82, 2.24) is 0 Å². The number of esters is 1. The van der Waals surface area contributed by atoms with Gasteiger partial charge in [0.25, 0.3) is 0 Å². The molecule has 4 heteroatoms. The average Bonchev–Trinajstić information content (AvgIpc) is 2.92. The fourth-order valence-electron chi connectivity index (χ4n) is 1.38. The summed E-state index contributed by atoms with van der Waals surface area (Å²) in [7, 11) is 1.28. The second-order valence-electron chi connectivity index (χ2n) is 5.19. The van der Waals surface area contributed by atoms with E-state index in [2.05, 4.69) is 4.74 Å². The molecule has 1 N–H and O–H groups in total. The van der Waals surface area contributed by atoms with E-state index >= 15 is 0 Å². The van der Waals surface area contributed by atoms with Gasteiger partial charge in [-0.3, -0.25) is 0 Å². The number of aliphatic hydroxyl groups excluding tert-OH is 1. The Labute approximate surface area is 90.6 Å². The van der Waals surface area contributed by atoms with Gasteiger partial charge in [-0.05, 0) is 33.6 Å². The minimum Gasteiger partial charge on any atom is -0.467 e. The lowest BCUT2D eigenvalue weighted by Crippen LogP contribution is -2.37. The smallest absolute Gasteiger partial charge is 0.335 e. The maximum atomic E-state index is 11.2. The van der Waals surface area contributed by atoms with E-state index in [1.807, 2.05) is 20.8 Å². The predicted octanol–water partition coefficient (Wildman–Crippen LogP) is 1.12. The Bertz CT molecular complexity index is 237. The van der Waals surface area contributed by atoms with Crippen molar-refractivity contribution >= 4 is 5.97 Å². The molecular formula is C11H20O4. The van der Waals surface area contributed by atoms with Gasteiger partial charge >= 0.3 is 5.97 Å². The molecule has 1 fully saturated rings. The summed E-state index contributed by atoms with van der Waals surface area (Å²) in [4.78, 5) is 11.2. The summed E-state index contributed by atoms with van der Waals surface area (Å²) in [6, 6.07) is 0. The number of aliphatic hydroxyl groups is 1. The molecule has 0 heterocycles. The highest BCUT2D eigenvalue weighted by atomic mass is 16.5. The van der Waals surface area contributed by atoms with Crippen LogP contribution >= 0.6 is 0 Å². The van der Waals surface area contributed by atoms with Crippen molar-refractivity contribution in [2.75, 3.05) is 13.7 Å². The molecule has 0 aromatic rings. The lowest BCUT2D eigenvalue weighted by molar-refractivity contribution is -0.158. The Kier molecular flexibility index (Phi) is 3.41. The molecular weight excluding hydrogens is 196 g/mol. The van der Waals surface area contributed by atoms with E-state index in [0.717, 1.165) is 12.8 Å². The molecule has 0 amide bonds. The van der Waals surface area contributed by atoms with Crippen molar-refractivity contribution < 1.29 is 19.4 Å². The van der Waals surface area contributed by atoms with Gasteiger partial charge in [-0.2, -0.15) is 0 Å². The van der Waals surface area contributed by atoms with Gasteiger partial charge in [0.2, 0.25) is 0 Å². The number of methoxy groups -OCH3 is 1. The predicted molar refractivity (Wildman–Crippen MR) is 55.4 cm³/mol. The zero-order valence-electron chi connectivity index (χ0n) is 9.87. The summed E-state index contributed by atoms with van der Waals surface area (Å²) in [6.07, 6.45) is 0.587. The maximum absolute atomic E-state index is 11.2. The minimum atomic E-state index is -1.05. The number of carbonyl (C=O) groups is 1. The zero-order chi connectivity index (χ0) is 11.7. The summed E-state index contributed by atoms with van der Waals surface area (Å²) >= 11 is 0. The molecule has 1 saturated carbocycles. The van der Waals surface area contributed by atoms with Gasteiger partial charge in [0.1, 0.15) is 0 Å². The molecule has 15 heavy (non-hydrogen) atoms. The van der Waals surface area contributed by atoms with E-state index in [0.29, 0.717) is 6.61 Å². The van der Waals surface area contributed by atoms with Crippen molar-refractivity contribution in [2.45, 2.75) is 45.3 Å². The fourth-order valence-corrected chi connectivity index (χ4v) is 1.38. The molecule has 88 valence electrons. The summed E-state index contributed by atoms with van der Waals surface area (Å²) in [5, 5.41) is 9.75. The third-order valence-corrected chi connectivity index (χ3v) is 2.69. The zero-order valence-corrected chi connectivity index (χ0v) is 9.87. The molecule has 0 radical (unpaired) electrons. The van der Waals surface area contributed by atoms with E-state index in [9.17, 15) is 9.90 Å². The van der Waals surface area contributed by atoms with Gasteiger partial charge in [0.15, 0.2) is 6.10 Å². The summed E-state index contributed by atoms with van der Waals surface area (Å²) < 4.78 is 10.1. The Morgan fingerprint density at radius 2 is 2.00 bits per heavy atom. The quantitative estimate of drug-likeness (QED) is 0.715. The second kappa shape index (κ2) is 4.10. The Hall–Kier alpha value is -0.610. The van der Waals surface area contributed by atoms with Crippen molar-refractivity contribution in [3.8, 4) is 0 Å². The van der Waals surface area contributed by atoms with E-state index in [-0.39, 0.29) is 5.60 Å². The van der Waals surface area contributed by atoms with Crippen LogP contribution in [-0.4, -0.2) is 36.5 Å². The SMILES string of the molecule is COC(=O)C(O)C1(COC(C)(C)C)CC1. The van der Waals surface area contributed by atoms with Gasteiger partial charge in [0.05, 0.1) is 19.3 Å². The molecule has 0 saturated heterocycles. The first kappa shape index (κ1) is 12.5. The highest BCUT2D eigenvalue weighted by Crippen LogP contribution is 2.49. The van der Waals surface area contributed by atoms with E-state index in [4.69, 9.17) is 4.74 Å². The van der Waals surface area contributed by atoms with Crippen LogP contribution in [-0.2, 0) is 14.3 Å². The second-order valence-corrected chi connectivity index (χ2v) is 5.19. The van der Waals surface area contributed by atoms with Crippen LogP contribution in [0.25, 0.3) is 0 Å².